The van der Waals surface area contributed by atoms with Crippen molar-refractivity contribution in [2.75, 3.05) is 59.9 Å². The summed E-state index contributed by atoms with van der Waals surface area (Å²) in [5, 5.41) is 25.7. The molecule has 2 aliphatic rings. The summed E-state index contributed by atoms with van der Waals surface area (Å²) in [5.74, 6) is -0.920. The van der Waals surface area contributed by atoms with Gasteiger partial charge in [0.05, 0.1) is 44.7 Å². The Morgan fingerprint density at radius 1 is 0.796 bits per heavy atom. The van der Waals surface area contributed by atoms with Crippen LogP contribution in [0.2, 0.25) is 0 Å². The molecule has 0 spiro atoms. The number of amides is 2. The van der Waals surface area contributed by atoms with E-state index >= 15 is 0 Å². The summed E-state index contributed by atoms with van der Waals surface area (Å²) >= 11 is 0. The number of carbonyl (C=O) groups is 3. The van der Waals surface area contributed by atoms with Gasteiger partial charge in [-0.25, -0.2) is 4.79 Å². The summed E-state index contributed by atoms with van der Waals surface area (Å²) in [6.07, 6.45) is -3.28. The van der Waals surface area contributed by atoms with Crippen LogP contribution in [0.15, 0.2) is 78.9 Å². The molecule has 292 valence electrons. The molecule has 13 nitrogen and oxygen atoms in total. The van der Waals surface area contributed by atoms with Gasteiger partial charge >= 0.3 is 6.09 Å². The van der Waals surface area contributed by atoms with E-state index in [0.29, 0.717) is 32.7 Å². The lowest BCUT2D eigenvalue weighted by Gasteiger charge is -2.40. The first-order valence-electron chi connectivity index (χ1n) is 18.5. The Balaban J connectivity index is 0.946. The predicted octanol–water partition coefficient (Wildman–Crippen LogP) is 3.38. The Kier molecular flexibility index (Phi) is 16.0. The number of ether oxygens (including phenoxy) is 6. The van der Waals surface area contributed by atoms with Gasteiger partial charge in [0, 0.05) is 38.5 Å². The summed E-state index contributed by atoms with van der Waals surface area (Å²) < 4.78 is 33.0. The second-order valence-electron chi connectivity index (χ2n) is 13.5. The van der Waals surface area contributed by atoms with E-state index in [1.807, 2.05) is 54.6 Å². The number of benzene rings is 3. The van der Waals surface area contributed by atoms with Crippen LogP contribution in [0.4, 0.5) is 4.79 Å². The molecule has 1 heterocycles. The van der Waals surface area contributed by atoms with E-state index in [-0.39, 0.29) is 57.0 Å². The SMILES string of the molecule is CO[C@@H]1OC(COCC(=O)NCCOCCOCCCC(=O)[C@H](Cc2ccccc2)NC(=O)OCC2c3ccccc3-c3ccccc32)[C@@H](C)[C@H](O)C1O. The molecule has 6 atom stereocenters. The normalized spacial score (nSPS) is 21.1. The number of hydrogen-bond acceptors (Lipinski definition) is 11. The molecule has 3 aromatic carbocycles. The van der Waals surface area contributed by atoms with Crippen LogP contribution in [0.3, 0.4) is 0 Å². The minimum absolute atomic E-state index is 0.0560. The maximum Gasteiger partial charge on any atom is 0.407 e. The van der Waals surface area contributed by atoms with Gasteiger partial charge in [-0.3, -0.25) is 9.59 Å². The van der Waals surface area contributed by atoms with Crippen molar-refractivity contribution in [3.63, 3.8) is 0 Å². The van der Waals surface area contributed by atoms with Crippen LogP contribution in [0.25, 0.3) is 11.1 Å². The van der Waals surface area contributed by atoms with Gasteiger partial charge in [0.25, 0.3) is 0 Å². The Morgan fingerprint density at radius 2 is 1.44 bits per heavy atom. The summed E-state index contributed by atoms with van der Waals surface area (Å²) in [6.45, 7) is 3.28. The first-order valence-corrected chi connectivity index (χ1v) is 18.5. The lowest BCUT2D eigenvalue weighted by Crippen LogP contribution is -2.55. The summed E-state index contributed by atoms with van der Waals surface area (Å²) in [4.78, 5) is 38.5. The van der Waals surface area contributed by atoms with Crippen molar-refractivity contribution in [3.8, 4) is 11.1 Å². The van der Waals surface area contributed by atoms with Gasteiger partial charge in [0.1, 0.15) is 19.3 Å². The minimum Gasteiger partial charge on any atom is -0.449 e. The second-order valence-corrected chi connectivity index (χ2v) is 13.5. The molecular weight excluding hydrogens is 696 g/mol. The fourth-order valence-electron chi connectivity index (χ4n) is 6.76. The molecule has 1 fully saturated rings. The number of hydrogen-bond donors (Lipinski definition) is 4. The molecule has 3 aromatic rings. The van der Waals surface area contributed by atoms with Gasteiger partial charge in [-0.2, -0.15) is 0 Å². The van der Waals surface area contributed by atoms with Crippen molar-refractivity contribution in [1.82, 2.24) is 10.6 Å². The number of aliphatic hydroxyl groups is 2. The highest BCUT2D eigenvalue weighted by molar-refractivity contribution is 5.87. The summed E-state index contributed by atoms with van der Waals surface area (Å²) in [6, 6.07) is 25.1. The Morgan fingerprint density at radius 3 is 2.13 bits per heavy atom. The van der Waals surface area contributed by atoms with Crippen molar-refractivity contribution in [2.24, 2.45) is 5.92 Å². The highest BCUT2D eigenvalue weighted by Crippen LogP contribution is 2.44. The molecule has 0 bridgehead atoms. The quantitative estimate of drug-likeness (QED) is 0.118. The van der Waals surface area contributed by atoms with Gasteiger partial charge in [0.2, 0.25) is 5.91 Å². The molecule has 4 N–H and O–H groups in total. The number of alkyl carbamates (subject to hydrolysis) is 1. The number of nitrogens with one attached hydrogen (secondary N) is 2. The van der Waals surface area contributed by atoms with Gasteiger partial charge in [0.15, 0.2) is 12.1 Å². The molecule has 2 amide bonds. The minimum atomic E-state index is -1.16. The Labute approximate surface area is 316 Å². The Bertz CT molecular complexity index is 1590. The van der Waals surface area contributed by atoms with Gasteiger partial charge in [-0.1, -0.05) is 85.8 Å². The maximum absolute atomic E-state index is 13.3. The topological polar surface area (TPSA) is 171 Å². The first-order chi connectivity index (χ1) is 26.3. The Hall–Kier alpha value is -4.21. The van der Waals surface area contributed by atoms with E-state index in [4.69, 9.17) is 28.4 Å². The number of fused-ring (bicyclic) bond motifs is 3. The van der Waals surface area contributed by atoms with Gasteiger partial charge in [-0.15, -0.1) is 0 Å². The third kappa shape index (κ3) is 11.4. The predicted molar refractivity (Wildman–Crippen MR) is 199 cm³/mol. The highest BCUT2D eigenvalue weighted by Gasteiger charge is 2.42. The number of Topliss-reactive ketones (excluding diaryl/α,β-unsaturated/α-hetero) is 1. The number of ketones is 1. The molecule has 13 heteroatoms. The van der Waals surface area contributed by atoms with E-state index < -0.39 is 42.7 Å². The number of carbonyl (C=O) groups excluding carboxylic acids is 3. The standard InChI is InChI=1S/C41H52N2O11/c1-27-36(54-40(49-2)39(47)38(27)46)25-52-26-37(45)42-18-20-51-22-21-50-19-10-17-35(44)34(23-28-11-4-3-5-12-28)43-41(48)53-24-33-31-15-8-6-13-29(31)30-14-7-9-16-32(30)33/h3-9,11-16,27,33-34,36,38-40,46-47H,10,17-26H2,1-2H3,(H,42,45)(H,43,48)/t27-,34+,36?,38+,39?,40-/m1/s1. The van der Waals surface area contributed by atoms with E-state index in [1.54, 1.807) is 6.92 Å². The molecule has 2 unspecified atom stereocenters. The zero-order chi connectivity index (χ0) is 38.3. The molecule has 1 aliphatic heterocycles. The van der Waals surface area contributed by atoms with Crippen LogP contribution in [0.5, 0.6) is 0 Å². The lowest BCUT2D eigenvalue weighted by molar-refractivity contribution is -0.282. The number of methoxy groups -OCH3 is 1. The average molecular weight is 749 g/mol. The summed E-state index contributed by atoms with van der Waals surface area (Å²) in [7, 11) is 1.37. The fraction of sp³-hybridized carbons (Fsp3) is 0.488. The second kappa shape index (κ2) is 21.0. The average Bonchev–Trinajstić information content (AvgIpc) is 3.51. The molecule has 0 aromatic heterocycles. The molecule has 1 aliphatic carbocycles. The van der Waals surface area contributed by atoms with Crippen molar-refractivity contribution in [2.45, 2.75) is 62.7 Å². The molecule has 0 radical (unpaired) electrons. The summed E-state index contributed by atoms with van der Waals surface area (Å²) in [5.41, 5.74) is 5.45. The van der Waals surface area contributed by atoms with E-state index in [9.17, 15) is 24.6 Å². The zero-order valence-electron chi connectivity index (χ0n) is 30.9. The fourth-order valence-corrected chi connectivity index (χ4v) is 6.76. The monoisotopic (exact) mass is 748 g/mol. The van der Waals surface area contributed by atoms with Crippen LogP contribution in [0.1, 0.15) is 42.4 Å². The molecule has 1 saturated heterocycles. The van der Waals surface area contributed by atoms with Crippen molar-refractivity contribution < 1.29 is 53.0 Å². The molecule has 54 heavy (non-hydrogen) atoms. The maximum atomic E-state index is 13.3. The van der Waals surface area contributed by atoms with E-state index in [1.165, 1.54) is 7.11 Å². The third-order valence-corrected chi connectivity index (χ3v) is 9.77. The van der Waals surface area contributed by atoms with Gasteiger partial charge in [-0.05, 0) is 40.7 Å². The first kappa shape index (κ1) is 41.0. The van der Waals surface area contributed by atoms with Crippen LogP contribution in [-0.2, 0) is 44.4 Å². The van der Waals surface area contributed by atoms with E-state index in [0.717, 1.165) is 27.8 Å². The van der Waals surface area contributed by atoms with Crippen LogP contribution in [0, 0.1) is 5.92 Å². The lowest BCUT2D eigenvalue weighted by atomic mass is 9.91. The molecule has 5 rings (SSSR count). The van der Waals surface area contributed by atoms with E-state index in [2.05, 4.69) is 34.9 Å². The van der Waals surface area contributed by atoms with Crippen LogP contribution in [-0.4, -0.2) is 119 Å². The third-order valence-electron chi connectivity index (χ3n) is 9.77. The molecule has 0 saturated carbocycles. The molecular formula is C41H52N2O11. The largest absolute Gasteiger partial charge is 0.449 e. The number of rotatable bonds is 21. The van der Waals surface area contributed by atoms with Gasteiger partial charge < -0.3 is 49.3 Å². The number of aliphatic hydroxyl groups excluding tert-OH is 2. The zero-order valence-corrected chi connectivity index (χ0v) is 30.9. The smallest absolute Gasteiger partial charge is 0.407 e. The van der Waals surface area contributed by atoms with Crippen molar-refractivity contribution in [3.05, 3.63) is 95.6 Å². The van der Waals surface area contributed by atoms with Crippen LogP contribution >= 0.6 is 0 Å². The van der Waals surface area contributed by atoms with Crippen molar-refractivity contribution in [1.29, 1.82) is 0 Å². The van der Waals surface area contributed by atoms with Crippen LogP contribution < -0.4 is 10.6 Å². The van der Waals surface area contributed by atoms with Crippen molar-refractivity contribution >= 4 is 17.8 Å². The highest BCUT2D eigenvalue weighted by atomic mass is 16.7.